The highest BCUT2D eigenvalue weighted by Crippen LogP contribution is 2.23. The number of nitrogens with one attached hydrogen (secondary N) is 1. The SMILES string of the molecule is Fc1cc(Br)ccc1NCc1ccc(Cl)cc1Cl. The Labute approximate surface area is 123 Å². The predicted molar refractivity (Wildman–Crippen MR) is 77.9 cm³/mol. The molecule has 0 spiro atoms. The summed E-state index contributed by atoms with van der Waals surface area (Å²) in [6.07, 6.45) is 0. The molecule has 0 aliphatic carbocycles. The van der Waals surface area contributed by atoms with Gasteiger partial charge in [0, 0.05) is 21.1 Å². The Morgan fingerprint density at radius 1 is 1.11 bits per heavy atom. The van der Waals surface area contributed by atoms with E-state index in [4.69, 9.17) is 23.2 Å². The third kappa shape index (κ3) is 3.37. The summed E-state index contributed by atoms with van der Waals surface area (Å²) in [6.45, 7) is 0.439. The predicted octanol–water partition coefficient (Wildman–Crippen LogP) is 5.51. The van der Waals surface area contributed by atoms with E-state index in [2.05, 4.69) is 21.2 Å². The normalized spacial score (nSPS) is 10.4. The van der Waals surface area contributed by atoms with E-state index in [1.54, 1.807) is 24.3 Å². The van der Waals surface area contributed by atoms with Gasteiger partial charge in [-0.2, -0.15) is 0 Å². The van der Waals surface area contributed by atoms with Gasteiger partial charge in [-0.25, -0.2) is 4.39 Å². The minimum absolute atomic E-state index is 0.311. The lowest BCUT2D eigenvalue weighted by Crippen LogP contribution is -2.01. The molecular weight excluding hydrogens is 340 g/mol. The number of halogens is 4. The number of hydrogen-bond donors (Lipinski definition) is 1. The van der Waals surface area contributed by atoms with Crippen LogP contribution in [-0.2, 0) is 6.54 Å². The maximum Gasteiger partial charge on any atom is 0.147 e. The highest BCUT2D eigenvalue weighted by Gasteiger charge is 2.04. The van der Waals surface area contributed by atoms with E-state index in [9.17, 15) is 4.39 Å². The van der Waals surface area contributed by atoms with Crippen molar-refractivity contribution in [2.75, 3.05) is 5.32 Å². The second-order valence-electron chi connectivity index (χ2n) is 3.71. The molecule has 0 aliphatic rings. The van der Waals surface area contributed by atoms with Crippen LogP contribution in [0.25, 0.3) is 0 Å². The van der Waals surface area contributed by atoms with Gasteiger partial charge in [-0.15, -0.1) is 0 Å². The first-order valence-electron chi connectivity index (χ1n) is 5.19. The fourth-order valence-electron chi connectivity index (χ4n) is 1.49. The standard InChI is InChI=1S/C13H9BrCl2FN/c14-9-2-4-13(12(17)5-9)18-7-8-1-3-10(15)6-11(8)16/h1-6,18H,7H2. The molecule has 0 bridgehead atoms. The van der Waals surface area contributed by atoms with Crippen LogP contribution >= 0.6 is 39.1 Å². The summed E-state index contributed by atoms with van der Waals surface area (Å²) >= 11 is 15.1. The van der Waals surface area contributed by atoms with Crippen LogP contribution in [0.3, 0.4) is 0 Å². The molecule has 0 saturated carbocycles. The summed E-state index contributed by atoms with van der Waals surface area (Å²) in [5, 5.41) is 4.14. The van der Waals surface area contributed by atoms with Crippen molar-refractivity contribution in [2.24, 2.45) is 0 Å². The number of anilines is 1. The maximum absolute atomic E-state index is 13.6. The van der Waals surface area contributed by atoms with Gasteiger partial charge in [0.2, 0.25) is 0 Å². The summed E-state index contributed by atoms with van der Waals surface area (Å²) in [5.74, 6) is -0.311. The average Bonchev–Trinajstić information content (AvgIpc) is 2.30. The van der Waals surface area contributed by atoms with Crippen molar-refractivity contribution in [3.8, 4) is 0 Å². The average molecular weight is 349 g/mol. The van der Waals surface area contributed by atoms with Crippen molar-refractivity contribution in [3.63, 3.8) is 0 Å². The lowest BCUT2D eigenvalue weighted by molar-refractivity contribution is 0.629. The summed E-state index contributed by atoms with van der Waals surface area (Å²) in [6, 6.07) is 10.1. The second kappa shape index (κ2) is 5.91. The van der Waals surface area contributed by atoms with Crippen LogP contribution in [-0.4, -0.2) is 0 Å². The molecule has 5 heteroatoms. The third-order valence-electron chi connectivity index (χ3n) is 2.42. The van der Waals surface area contributed by atoms with Crippen molar-refractivity contribution in [3.05, 3.63) is 62.3 Å². The molecule has 1 nitrogen and oxygen atoms in total. The van der Waals surface area contributed by atoms with Gasteiger partial charge >= 0.3 is 0 Å². The molecule has 2 aromatic rings. The highest BCUT2D eigenvalue weighted by molar-refractivity contribution is 9.10. The van der Waals surface area contributed by atoms with Crippen LogP contribution in [0.5, 0.6) is 0 Å². The van der Waals surface area contributed by atoms with Crippen LogP contribution in [0, 0.1) is 5.82 Å². The molecule has 0 unspecified atom stereocenters. The van der Waals surface area contributed by atoms with Gasteiger partial charge in [0.1, 0.15) is 5.82 Å². The zero-order valence-electron chi connectivity index (χ0n) is 9.18. The highest BCUT2D eigenvalue weighted by atomic mass is 79.9. The maximum atomic E-state index is 13.6. The van der Waals surface area contributed by atoms with Crippen LogP contribution in [0.4, 0.5) is 10.1 Å². The topological polar surface area (TPSA) is 12.0 Å². The Hall–Kier alpha value is -0.770. The number of rotatable bonds is 3. The van der Waals surface area contributed by atoms with Crippen molar-refractivity contribution in [1.82, 2.24) is 0 Å². The Kier molecular flexibility index (Phi) is 4.49. The van der Waals surface area contributed by atoms with Gasteiger partial charge in [0.15, 0.2) is 0 Å². The van der Waals surface area contributed by atoms with Crippen LogP contribution in [0.15, 0.2) is 40.9 Å². The summed E-state index contributed by atoms with van der Waals surface area (Å²) in [5.41, 5.74) is 1.30. The van der Waals surface area contributed by atoms with E-state index < -0.39 is 0 Å². The first kappa shape index (κ1) is 13.7. The number of hydrogen-bond acceptors (Lipinski definition) is 1. The van der Waals surface area contributed by atoms with Crippen molar-refractivity contribution in [1.29, 1.82) is 0 Å². The van der Waals surface area contributed by atoms with E-state index >= 15 is 0 Å². The molecule has 0 saturated heterocycles. The van der Waals surface area contributed by atoms with Gasteiger partial charge in [0.25, 0.3) is 0 Å². The Morgan fingerprint density at radius 3 is 2.56 bits per heavy atom. The summed E-state index contributed by atoms with van der Waals surface area (Å²) < 4.78 is 14.3. The first-order chi connectivity index (χ1) is 8.56. The molecule has 1 N–H and O–H groups in total. The molecule has 0 fully saturated rings. The van der Waals surface area contributed by atoms with E-state index in [1.807, 2.05) is 6.07 Å². The zero-order chi connectivity index (χ0) is 13.1. The molecule has 0 amide bonds. The minimum Gasteiger partial charge on any atom is -0.379 e. The molecule has 18 heavy (non-hydrogen) atoms. The van der Waals surface area contributed by atoms with Crippen molar-refractivity contribution in [2.45, 2.75) is 6.54 Å². The number of benzene rings is 2. The van der Waals surface area contributed by atoms with Crippen LogP contribution in [0.1, 0.15) is 5.56 Å². The van der Waals surface area contributed by atoms with E-state index in [-0.39, 0.29) is 5.82 Å². The molecule has 0 radical (unpaired) electrons. The quantitative estimate of drug-likeness (QED) is 0.771. The molecule has 0 atom stereocenters. The van der Waals surface area contributed by atoms with Crippen LogP contribution in [0.2, 0.25) is 10.0 Å². The monoisotopic (exact) mass is 347 g/mol. The molecule has 0 heterocycles. The van der Waals surface area contributed by atoms with Gasteiger partial charge in [-0.05, 0) is 35.9 Å². The minimum atomic E-state index is -0.311. The largest absolute Gasteiger partial charge is 0.379 e. The molecule has 2 rings (SSSR count). The fraction of sp³-hybridized carbons (Fsp3) is 0.0769. The Bertz CT molecular complexity index is 523. The second-order valence-corrected chi connectivity index (χ2v) is 5.47. The van der Waals surface area contributed by atoms with Crippen LogP contribution < -0.4 is 5.32 Å². The first-order valence-corrected chi connectivity index (χ1v) is 6.74. The smallest absolute Gasteiger partial charge is 0.147 e. The van der Waals surface area contributed by atoms with Crippen molar-refractivity contribution < 1.29 is 4.39 Å². The lowest BCUT2D eigenvalue weighted by Gasteiger charge is -2.09. The Balaban J connectivity index is 2.11. The zero-order valence-corrected chi connectivity index (χ0v) is 12.3. The third-order valence-corrected chi connectivity index (χ3v) is 3.50. The van der Waals surface area contributed by atoms with E-state index in [0.717, 1.165) is 5.56 Å². The molecule has 0 aromatic heterocycles. The molecule has 0 aliphatic heterocycles. The van der Waals surface area contributed by atoms with Gasteiger partial charge in [0.05, 0.1) is 5.69 Å². The van der Waals surface area contributed by atoms with Gasteiger partial charge < -0.3 is 5.32 Å². The Morgan fingerprint density at radius 2 is 1.89 bits per heavy atom. The molecular formula is C13H9BrCl2FN. The summed E-state index contributed by atoms with van der Waals surface area (Å²) in [7, 11) is 0. The lowest BCUT2D eigenvalue weighted by atomic mass is 10.2. The molecule has 2 aromatic carbocycles. The fourth-order valence-corrected chi connectivity index (χ4v) is 2.30. The molecule has 94 valence electrons. The van der Waals surface area contributed by atoms with Crippen molar-refractivity contribution >= 4 is 44.8 Å². The van der Waals surface area contributed by atoms with Gasteiger partial charge in [-0.1, -0.05) is 45.2 Å². The van der Waals surface area contributed by atoms with E-state index in [1.165, 1.54) is 6.07 Å². The van der Waals surface area contributed by atoms with Gasteiger partial charge in [-0.3, -0.25) is 0 Å². The summed E-state index contributed by atoms with van der Waals surface area (Å²) in [4.78, 5) is 0. The van der Waals surface area contributed by atoms with E-state index in [0.29, 0.717) is 26.8 Å².